The molecule has 0 saturated carbocycles. The first-order chi connectivity index (χ1) is 8.34. The molecule has 95 valence electrons. The smallest absolute Gasteiger partial charge is 0.236 e. The number of benzene rings is 1. The SMILES string of the molecule is [CH2]Cc1c(Cl)nc2cc(C(F)(F)F)ccc2c1C. The molecule has 1 aromatic carbocycles. The summed E-state index contributed by atoms with van der Waals surface area (Å²) in [5.74, 6) is 0. The highest BCUT2D eigenvalue weighted by Crippen LogP contribution is 2.33. The maximum Gasteiger partial charge on any atom is 0.416 e. The molecule has 0 amide bonds. The normalized spacial score (nSPS) is 12.1. The van der Waals surface area contributed by atoms with E-state index in [1.807, 2.05) is 6.92 Å². The third kappa shape index (κ3) is 2.17. The minimum absolute atomic E-state index is 0.217. The molecule has 2 rings (SSSR count). The number of fused-ring (bicyclic) bond motifs is 1. The summed E-state index contributed by atoms with van der Waals surface area (Å²) in [7, 11) is 0. The van der Waals surface area contributed by atoms with Crippen molar-refractivity contribution >= 4 is 22.5 Å². The van der Waals surface area contributed by atoms with Gasteiger partial charge in [0.2, 0.25) is 0 Å². The third-order valence-corrected chi connectivity index (χ3v) is 3.21. The number of alkyl halides is 3. The second-order valence-corrected chi connectivity index (χ2v) is 4.34. The van der Waals surface area contributed by atoms with Crippen molar-refractivity contribution < 1.29 is 13.2 Å². The van der Waals surface area contributed by atoms with Gasteiger partial charge >= 0.3 is 6.18 Å². The van der Waals surface area contributed by atoms with Crippen LogP contribution >= 0.6 is 11.6 Å². The number of aromatic nitrogens is 1. The van der Waals surface area contributed by atoms with E-state index in [2.05, 4.69) is 11.9 Å². The van der Waals surface area contributed by atoms with E-state index in [1.165, 1.54) is 6.07 Å². The van der Waals surface area contributed by atoms with Crippen molar-refractivity contribution in [3.8, 4) is 0 Å². The van der Waals surface area contributed by atoms with Crippen LogP contribution in [0, 0.1) is 13.8 Å². The number of aryl methyl sites for hydroxylation is 1. The van der Waals surface area contributed by atoms with Gasteiger partial charge in [0.25, 0.3) is 0 Å². The fraction of sp³-hybridized carbons (Fsp3) is 0.231. The standard InChI is InChI=1S/C13H10ClF3N/c1-3-9-7(2)10-5-4-8(13(15,16)17)6-11(10)18-12(9)14/h4-6H,1,3H2,2H3. The summed E-state index contributed by atoms with van der Waals surface area (Å²) < 4.78 is 37.8. The molecule has 0 spiro atoms. The minimum Gasteiger partial charge on any atom is -0.236 e. The topological polar surface area (TPSA) is 12.9 Å². The molecule has 0 N–H and O–H groups in total. The van der Waals surface area contributed by atoms with Gasteiger partial charge in [0.15, 0.2) is 0 Å². The molecule has 2 aromatic rings. The van der Waals surface area contributed by atoms with E-state index in [0.717, 1.165) is 23.3 Å². The van der Waals surface area contributed by atoms with Crippen molar-refractivity contribution in [2.75, 3.05) is 0 Å². The second-order valence-electron chi connectivity index (χ2n) is 3.99. The quantitative estimate of drug-likeness (QED) is 0.692. The minimum atomic E-state index is -4.37. The van der Waals surface area contributed by atoms with E-state index >= 15 is 0 Å². The van der Waals surface area contributed by atoms with Gasteiger partial charge in [-0.15, -0.1) is 0 Å². The third-order valence-electron chi connectivity index (χ3n) is 2.90. The molecule has 18 heavy (non-hydrogen) atoms. The van der Waals surface area contributed by atoms with Gasteiger partial charge in [-0.25, -0.2) is 4.98 Å². The van der Waals surface area contributed by atoms with E-state index in [1.54, 1.807) is 0 Å². The Morgan fingerprint density at radius 2 is 2.00 bits per heavy atom. The number of nitrogens with zero attached hydrogens (tertiary/aromatic N) is 1. The molecule has 0 aliphatic carbocycles. The van der Waals surface area contributed by atoms with Crippen molar-refractivity contribution in [1.29, 1.82) is 0 Å². The number of hydrogen-bond acceptors (Lipinski definition) is 1. The van der Waals surface area contributed by atoms with Gasteiger partial charge in [-0.3, -0.25) is 0 Å². The molecule has 0 saturated heterocycles. The van der Waals surface area contributed by atoms with Crippen LogP contribution in [-0.2, 0) is 12.6 Å². The average molecular weight is 273 g/mol. The highest BCUT2D eigenvalue weighted by Gasteiger charge is 2.30. The van der Waals surface area contributed by atoms with Gasteiger partial charge in [0, 0.05) is 5.39 Å². The van der Waals surface area contributed by atoms with Gasteiger partial charge < -0.3 is 0 Å². The molecule has 5 heteroatoms. The van der Waals surface area contributed by atoms with E-state index in [9.17, 15) is 13.2 Å². The lowest BCUT2D eigenvalue weighted by atomic mass is 10.0. The Balaban J connectivity index is 2.74. The summed E-state index contributed by atoms with van der Waals surface area (Å²) in [5.41, 5.74) is 1.13. The Bertz CT molecular complexity index is 605. The predicted octanol–water partition coefficient (Wildman–Crippen LogP) is 4.59. The summed E-state index contributed by atoms with van der Waals surface area (Å²) >= 11 is 5.94. The van der Waals surface area contributed by atoms with Crippen LogP contribution in [-0.4, -0.2) is 4.98 Å². The lowest BCUT2D eigenvalue weighted by Gasteiger charge is -2.12. The number of halogens is 4. The Kier molecular flexibility index (Phi) is 3.23. The summed E-state index contributed by atoms with van der Waals surface area (Å²) in [6, 6.07) is 3.49. The van der Waals surface area contributed by atoms with Crippen LogP contribution in [0.25, 0.3) is 10.9 Å². The molecule has 0 atom stereocenters. The fourth-order valence-corrected chi connectivity index (χ4v) is 2.23. The van der Waals surface area contributed by atoms with Crippen LogP contribution in [0.15, 0.2) is 18.2 Å². The first-order valence-corrected chi connectivity index (χ1v) is 5.67. The fourth-order valence-electron chi connectivity index (χ4n) is 1.90. The molecule has 0 bridgehead atoms. The number of hydrogen-bond donors (Lipinski definition) is 0. The lowest BCUT2D eigenvalue weighted by molar-refractivity contribution is -0.137. The van der Waals surface area contributed by atoms with E-state index in [-0.39, 0.29) is 10.7 Å². The monoisotopic (exact) mass is 272 g/mol. The molecule has 1 radical (unpaired) electrons. The molecule has 0 aliphatic rings. The van der Waals surface area contributed by atoms with E-state index < -0.39 is 11.7 Å². The van der Waals surface area contributed by atoms with Crippen molar-refractivity contribution in [1.82, 2.24) is 4.98 Å². The second kappa shape index (κ2) is 4.43. The van der Waals surface area contributed by atoms with E-state index in [0.29, 0.717) is 11.8 Å². The predicted molar refractivity (Wildman–Crippen MR) is 65.6 cm³/mol. The van der Waals surface area contributed by atoms with E-state index in [4.69, 9.17) is 11.6 Å². The van der Waals surface area contributed by atoms with Gasteiger partial charge in [-0.2, -0.15) is 13.2 Å². The highest BCUT2D eigenvalue weighted by molar-refractivity contribution is 6.30. The number of rotatable bonds is 1. The molecule has 1 aromatic heterocycles. The molecular weight excluding hydrogens is 263 g/mol. The Hall–Kier alpha value is -1.29. The van der Waals surface area contributed by atoms with Gasteiger partial charge in [-0.1, -0.05) is 17.7 Å². The molecule has 1 heterocycles. The first kappa shape index (κ1) is 13.1. The van der Waals surface area contributed by atoms with Gasteiger partial charge in [0.05, 0.1) is 11.1 Å². The van der Waals surface area contributed by atoms with Crippen molar-refractivity contribution in [3.05, 3.63) is 47.0 Å². The van der Waals surface area contributed by atoms with Crippen molar-refractivity contribution in [2.45, 2.75) is 19.5 Å². The van der Waals surface area contributed by atoms with Gasteiger partial charge in [-0.05, 0) is 43.5 Å². The van der Waals surface area contributed by atoms with Crippen LogP contribution in [0.3, 0.4) is 0 Å². The van der Waals surface area contributed by atoms with Crippen molar-refractivity contribution in [3.63, 3.8) is 0 Å². The Labute approximate surface area is 108 Å². The van der Waals surface area contributed by atoms with Crippen molar-refractivity contribution in [2.24, 2.45) is 0 Å². The molecule has 1 nitrogen and oxygen atoms in total. The zero-order valence-electron chi connectivity index (χ0n) is 9.61. The summed E-state index contributed by atoms with van der Waals surface area (Å²) in [6.45, 7) is 5.55. The average Bonchev–Trinajstić information content (AvgIpc) is 2.27. The summed E-state index contributed by atoms with van der Waals surface area (Å²) in [4.78, 5) is 4.01. The van der Waals surface area contributed by atoms with Crippen LogP contribution in [0.4, 0.5) is 13.2 Å². The lowest BCUT2D eigenvalue weighted by Crippen LogP contribution is -2.05. The zero-order valence-corrected chi connectivity index (χ0v) is 10.4. The number of pyridine rings is 1. The zero-order chi connectivity index (χ0) is 13.5. The van der Waals surface area contributed by atoms with Gasteiger partial charge in [0.1, 0.15) is 5.15 Å². The van der Waals surface area contributed by atoms with Crippen LogP contribution in [0.1, 0.15) is 16.7 Å². The van der Waals surface area contributed by atoms with Crippen LogP contribution in [0.2, 0.25) is 5.15 Å². The largest absolute Gasteiger partial charge is 0.416 e. The van der Waals surface area contributed by atoms with Crippen LogP contribution in [0.5, 0.6) is 0 Å². The maximum atomic E-state index is 12.6. The van der Waals surface area contributed by atoms with Crippen LogP contribution < -0.4 is 0 Å². The summed E-state index contributed by atoms with van der Waals surface area (Å²) in [6.07, 6.45) is -3.92. The Morgan fingerprint density at radius 1 is 1.33 bits per heavy atom. The Morgan fingerprint density at radius 3 is 2.56 bits per heavy atom. The molecule has 0 unspecified atom stereocenters. The first-order valence-electron chi connectivity index (χ1n) is 5.29. The molecule has 0 aliphatic heterocycles. The summed E-state index contributed by atoms with van der Waals surface area (Å²) in [5, 5.41) is 0.889. The highest BCUT2D eigenvalue weighted by atomic mass is 35.5. The maximum absolute atomic E-state index is 12.6. The molecular formula is C13H10ClF3N. The molecule has 0 fully saturated rings.